The smallest absolute Gasteiger partial charge is 0.150 e. The lowest BCUT2D eigenvalue weighted by Gasteiger charge is -2.09. The van der Waals surface area contributed by atoms with Crippen LogP contribution in [0.4, 0.5) is 0 Å². The van der Waals surface area contributed by atoms with Crippen molar-refractivity contribution in [1.82, 2.24) is 5.32 Å². The fourth-order valence-electron chi connectivity index (χ4n) is 2.24. The Morgan fingerprint density at radius 3 is 2.47 bits per heavy atom. The van der Waals surface area contributed by atoms with Crippen LogP contribution in [0, 0.1) is 5.92 Å². The van der Waals surface area contributed by atoms with Crippen molar-refractivity contribution >= 4 is 9.84 Å². The van der Waals surface area contributed by atoms with Crippen molar-refractivity contribution in [2.45, 2.75) is 38.5 Å². The third-order valence-electron chi connectivity index (χ3n) is 3.10. The van der Waals surface area contributed by atoms with E-state index in [9.17, 15) is 8.42 Å². The quantitative estimate of drug-likeness (QED) is 0.679. The van der Waals surface area contributed by atoms with Crippen LogP contribution >= 0.6 is 0 Å². The molecule has 0 aromatic rings. The van der Waals surface area contributed by atoms with Gasteiger partial charge in [-0.3, -0.25) is 0 Å². The van der Waals surface area contributed by atoms with Crippen molar-refractivity contribution in [3.05, 3.63) is 0 Å². The molecule has 1 fully saturated rings. The van der Waals surface area contributed by atoms with E-state index in [1.807, 2.05) is 7.05 Å². The fraction of sp³-hybridized carbons (Fsp3) is 1.00. The van der Waals surface area contributed by atoms with E-state index in [1.54, 1.807) is 0 Å². The van der Waals surface area contributed by atoms with Crippen LogP contribution in [0.15, 0.2) is 0 Å². The third kappa shape index (κ3) is 5.52. The van der Waals surface area contributed by atoms with Crippen LogP contribution in [0.25, 0.3) is 0 Å². The van der Waals surface area contributed by atoms with E-state index in [-0.39, 0.29) is 0 Å². The van der Waals surface area contributed by atoms with Gasteiger partial charge in [-0.25, -0.2) is 8.42 Å². The van der Waals surface area contributed by atoms with Gasteiger partial charge < -0.3 is 5.32 Å². The van der Waals surface area contributed by atoms with Crippen molar-refractivity contribution in [1.29, 1.82) is 0 Å². The topological polar surface area (TPSA) is 46.2 Å². The van der Waals surface area contributed by atoms with E-state index in [0.717, 1.165) is 32.2 Å². The summed E-state index contributed by atoms with van der Waals surface area (Å²) in [5.74, 6) is 1.27. The molecule has 90 valence electrons. The number of sulfone groups is 1. The van der Waals surface area contributed by atoms with Crippen LogP contribution in [-0.4, -0.2) is 33.5 Å². The first-order chi connectivity index (χ1) is 7.14. The average Bonchev–Trinajstić information content (AvgIpc) is 2.64. The van der Waals surface area contributed by atoms with Gasteiger partial charge in [0.25, 0.3) is 0 Å². The van der Waals surface area contributed by atoms with Gasteiger partial charge >= 0.3 is 0 Å². The molecule has 0 aromatic heterocycles. The molecule has 0 saturated heterocycles. The number of rotatable bonds is 7. The van der Waals surface area contributed by atoms with Crippen molar-refractivity contribution in [2.75, 3.05) is 25.1 Å². The largest absolute Gasteiger partial charge is 0.320 e. The zero-order valence-electron chi connectivity index (χ0n) is 9.67. The highest BCUT2D eigenvalue weighted by atomic mass is 32.2. The van der Waals surface area contributed by atoms with Gasteiger partial charge in [0.15, 0.2) is 9.84 Å². The third-order valence-corrected chi connectivity index (χ3v) is 4.99. The predicted octanol–water partition coefficient (Wildman–Crippen LogP) is 1.59. The number of hydrogen-bond acceptors (Lipinski definition) is 3. The van der Waals surface area contributed by atoms with E-state index in [1.165, 1.54) is 12.8 Å². The van der Waals surface area contributed by atoms with Gasteiger partial charge in [0.1, 0.15) is 0 Å². The van der Waals surface area contributed by atoms with Crippen molar-refractivity contribution in [2.24, 2.45) is 5.92 Å². The molecule has 0 spiro atoms. The van der Waals surface area contributed by atoms with Gasteiger partial charge in [-0.1, -0.05) is 12.8 Å². The van der Waals surface area contributed by atoms with Crippen molar-refractivity contribution in [3.63, 3.8) is 0 Å². The summed E-state index contributed by atoms with van der Waals surface area (Å²) in [6.07, 6.45) is 6.45. The highest BCUT2D eigenvalue weighted by molar-refractivity contribution is 7.91. The first kappa shape index (κ1) is 13.0. The zero-order chi connectivity index (χ0) is 11.1. The minimum Gasteiger partial charge on any atom is -0.320 e. The molecule has 0 heterocycles. The number of unbranched alkanes of at least 4 members (excludes halogenated alkanes) is 1. The van der Waals surface area contributed by atoms with Gasteiger partial charge in [0.2, 0.25) is 0 Å². The first-order valence-corrected chi connectivity index (χ1v) is 7.81. The van der Waals surface area contributed by atoms with Crippen molar-refractivity contribution < 1.29 is 8.42 Å². The second-order valence-corrected chi connectivity index (χ2v) is 6.80. The summed E-state index contributed by atoms with van der Waals surface area (Å²) in [4.78, 5) is 0. The maximum atomic E-state index is 11.7. The second kappa shape index (κ2) is 6.48. The molecule has 3 nitrogen and oxygen atoms in total. The molecule has 0 bridgehead atoms. The molecule has 0 unspecified atom stereocenters. The Kier molecular flexibility index (Phi) is 5.61. The van der Waals surface area contributed by atoms with Crippen LogP contribution < -0.4 is 5.32 Å². The van der Waals surface area contributed by atoms with Crippen LogP contribution in [-0.2, 0) is 9.84 Å². The summed E-state index contributed by atoms with van der Waals surface area (Å²) < 4.78 is 23.5. The zero-order valence-corrected chi connectivity index (χ0v) is 10.5. The Balaban J connectivity index is 2.19. The van der Waals surface area contributed by atoms with Crippen LogP contribution in [0.5, 0.6) is 0 Å². The summed E-state index contributed by atoms with van der Waals surface area (Å²) in [6, 6.07) is 0. The Morgan fingerprint density at radius 1 is 1.20 bits per heavy atom. The normalized spacial score (nSPS) is 18.5. The maximum absolute atomic E-state index is 11.7. The molecule has 1 saturated carbocycles. The van der Waals surface area contributed by atoms with E-state index < -0.39 is 9.84 Å². The van der Waals surface area contributed by atoms with Crippen LogP contribution in [0.2, 0.25) is 0 Å². The molecule has 0 atom stereocenters. The van der Waals surface area contributed by atoms with E-state index in [4.69, 9.17) is 0 Å². The summed E-state index contributed by atoms with van der Waals surface area (Å²) in [7, 11) is -0.877. The van der Waals surface area contributed by atoms with Gasteiger partial charge in [-0.15, -0.1) is 0 Å². The minimum absolute atomic E-state index is 0.380. The summed E-state index contributed by atoms with van der Waals surface area (Å²) in [5, 5.41) is 3.03. The van der Waals surface area contributed by atoms with Gasteiger partial charge in [0.05, 0.1) is 11.5 Å². The standard InChI is InChI=1S/C11H23NO2S/c1-12-8-4-5-9-15(13,14)10-11-6-2-3-7-11/h11-12H,2-10H2,1H3. The van der Waals surface area contributed by atoms with E-state index in [0.29, 0.717) is 17.4 Å². The SMILES string of the molecule is CNCCCCS(=O)(=O)CC1CCCC1. The molecule has 15 heavy (non-hydrogen) atoms. The molecule has 1 N–H and O–H groups in total. The Bertz CT molecular complexity index is 256. The van der Waals surface area contributed by atoms with Gasteiger partial charge in [-0.2, -0.15) is 0 Å². The van der Waals surface area contributed by atoms with Gasteiger partial charge in [-0.05, 0) is 45.2 Å². The highest BCUT2D eigenvalue weighted by Crippen LogP contribution is 2.26. The predicted molar refractivity (Wildman–Crippen MR) is 63.8 cm³/mol. The highest BCUT2D eigenvalue weighted by Gasteiger charge is 2.21. The Labute approximate surface area is 93.6 Å². The lowest BCUT2D eigenvalue weighted by atomic mass is 10.1. The van der Waals surface area contributed by atoms with Crippen molar-refractivity contribution in [3.8, 4) is 0 Å². The summed E-state index contributed by atoms with van der Waals surface area (Å²) >= 11 is 0. The summed E-state index contributed by atoms with van der Waals surface area (Å²) in [5.41, 5.74) is 0. The second-order valence-electron chi connectivity index (χ2n) is 4.58. The maximum Gasteiger partial charge on any atom is 0.150 e. The molecule has 0 aromatic carbocycles. The average molecular weight is 233 g/mol. The van der Waals surface area contributed by atoms with Gasteiger partial charge in [0, 0.05) is 0 Å². The molecular weight excluding hydrogens is 210 g/mol. The monoisotopic (exact) mass is 233 g/mol. The fourth-order valence-corrected chi connectivity index (χ4v) is 4.11. The molecule has 1 aliphatic carbocycles. The molecule has 4 heteroatoms. The lowest BCUT2D eigenvalue weighted by Crippen LogP contribution is -2.18. The van der Waals surface area contributed by atoms with Crippen LogP contribution in [0.3, 0.4) is 0 Å². The first-order valence-electron chi connectivity index (χ1n) is 5.99. The molecule has 1 rings (SSSR count). The molecular formula is C11H23NO2S. The Morgan fingerprint density at radius 2 is 1.87 bits per heavy atom. The van der Waals surface area contributed by atoms with E-state index >= 15 is 0 Å². The van der Waals surface area contributed by atoms with Crippen LogP contribution in [0.1, 0.15) is 38.5 Å². The minimum atomic E-state index is -2.77. The Hall–Kier alpha value is -0.0900. The molecule has 0 aliphatic heterocycles. The molecule has 0 radical (unpaired) electrons. The summed E-state index contributed by atoms with van der Waals surface area (Å²) in [6.45, 7) is 0.916. The number of nitrogens with one attached hydrogen (secondary N) is 1. The molecule has 1 aliphatic rings. The lowest BCUT2D eigenvalue weighted by molar-refractivity contribution is 0.555. The molecule has 0 amide bonds. The number of hydrogen-bond donors (Lipinski definition) is 1. The van der Waals surface area contributed by atoms with E-state index in [2.05, 4.69) is 5.32 Å².